The molecule has 0 aliphatic heterocycles. The monoisotopic (exact) mass is 350 g/mol. The smallest absolute Gasteiger partial charge is 0.252 e. The molecule has 0 saturated carbocycles. The van der Waals surface area contributed by atoms with Crippen LogP contribution in [0, 0.1) is 13.8 Å². The molecule has 0 aliphatic carbocycles. The van der Waals surface area contributed by atoms with Crippen molar-refractivity contribution in [1.29, 1.82) is 0 Å². The molecule has 0 fully saturated rings. The van der Waals surface area contributed by atoms with Crippen LogP contribution in [0.15, 0.2) is 39.6 Å². The quantitative estimate of drug-likeness (QED) is 0.838. The Kier molecular flexibility index (Phi) is 5.46. The van der Waals surface area contributed by atoms with E-state index < -0.39 is 10.0 Å². The number of rotatable bonds is 6. The van der Waals surface area contributed by atoms with Gasteiger partial charge in [-0.05, 0) is 50.6 Å². The van der Waals surface area contributed by atoms with Gasteiger partial charge in [-0.1, -0.05) is 13.0 Å². The minimum Gasteiger partial charge on any atom is -0.464 e. The maximum Gasteiger partial charge on any atom is 0.252 e. The highest BCUT2D eigenvalue weighted by molar-refractivity contribution is 7.89. The van der Waals surface area contributed by atoms with Crippen LogP contribution in [0.2, 0.25) is 0 Å². The number of carbonyl (C=O) groups excluding carboxylic acids is 1. The van der Waals surface area contributed by atoms with E-state index in [0.717, 1.165) is 5.76 Å². The maximum absolute atomic E-state index is 12.5. The van der Waals surface area contributed by atoms with Gasteiger partial charge in [-0.3, -0.25) is 4.79 Å². The summed E-state index contributed by atoms with van der Waals surface area (Å²) in [6.45, 7) is 7.39. The van der Waals surface area contributed by atoms with Crippen molar-refractivity contribution >= 4 is 15.9 Å². The highest BCUT2D eigenvalue weighted by atomic mass is 32.2. The molecule has 2 aromatic rings. The molecule has 24 heavy (non-hydrogen) atoms. The second-order valence-corrected chi connectivity index (χ2v) is 7.39. The van der Waals surface area contributed by atoms with E-state index in [1.54, 1.807) is 26.0 Å². The molecule has 0 saturated heterocycles. The zero-order valence-electron chi connectivity index (χ0n) is 14.2. The van der Waals surface area contributed by atoms with E-state index in [2.05, 4.69) is 10.0 Å². The van der Waals surface area contributed by atoms with Crippen molar-refractivity contribution < 1.29 is 17.6 Å². The third kappa shape index (κ3) is 4.04. The van der Waals surface area contributed by atoms with Crippen molar-refractivity contribution in [2.45, 2.75) is 38.6 Å². The molecule has 0 spiro atoms. The lowest BCUT2D eigenvalue weighted by molar-refractivity contribution is 0.0934. The maximum atomic E-state index is 12.5. The van der Waals surface area contributed by atoms with Gasteiger partial charge in [0.1, 0.15) is 11.5 Å². The predicted molar refractivity (Wildman–Crippen MR) is 91.4 cm³/mol. The Bertz CT molecular complexity index is 840. The number of aryl methyl sites for hydroxylation is 2. The van der Waals surface area contributed by atoms with Gasteiger partial charge in [-0.2, -0.15) is 0 Å². The number of benzene rings is 1. The standard InChI is InChI=1S/C17H22N2O4S/c1-5-18-24(21,22)14-8-6-11(2)15(10-14)17(20)19-13(4)16-9-7-12(3)23-16/h6-10,13,18H,5H2,1-4H3,(H,19,20). The summed E-state index contributed by atoms with van der Waals surface area (Å²) in [5.41, 5.74) is 1.02. The van der Waals surface area contributed by atoms with Gasteiger partial charge in [0.2, 0.25) is 10.0 Å². The zero-order valence-corrected chi connectivity index (χ0v) is 15.0. The van der Waals surface area contributed by atoms with E-state index in [9.17, 15) is 13.2 Å². The number of carbonyl (C=O) groups is 1. The van der Waals surface area contributed by atoms with Gasteiger partial charge in [0, 0.05) is 12.1 Å². The minimum atomic E-state index is -3.61. The molecule has 0 bridgehead atoms. The molecule has 1 amide bonds. The van der Waals surface area contributed by atoms with E-state index >= 15 is 0 Å². The van der Waals surface area contributed by atoms with Crippen LogP contribution >= 0.6 is 0 Å². The van der Waals surface area contributed by atoms with Crippen LogP contribution in [0.3, 0.4) is 0 Å². The Hall–Kier alpha value is -2.12. The molecule has 1 atom stereocenters. The van der Waals surface area contributed by atoms with Gasteiger partial charge in [0.15, 0.2) is 0 Å². The lowest BCUT2D eigenvalue weighted by atomic mass is 10.1. The van der Waals surface area contributed by atoms with Crippen LogP contribution in [-0.2, 0) is 10.0 Å². The molecule has 6 nitrogen and oxygen atoms in total. The fourth-order valence-corrected chi connectivity index (χ4v) is 3.38. The normalized spacial score (nSPS) is 12.8. The van der Waals surface area contributed by atoms with Crippen molar-refractivity contribution in [3.8, 4) is 0 Å². The summed E-state index contributed by atoms with van der Waals surface area (Å²) >= 11 is 0. The summed E-state index contributed by atoms with van der Waals surface area (Å²) in [4.78, 5) is 12.6. The molecular weight excluding hydrogens is 328 g/mol. The number of hydrogen-bond acceptors (Lipinski definition) is 4. The first-order valence-electron chi connectivity index (χ1n) is 7.72. The number of hydrogen-bond donors (Lipinski definition) is 2. The van der Waals surface area contributed by atoms with Crippen molar-refractivity contribution in [3.63, 3.8) is 0 Å². The molecule has 1 aromatic heterocycles. The third-order valence-electron chi connectivity index (χ3n) is 3.63. The lowest BCUT2D eigenvalue weighted by Crippen LogP contribution is -2.28. The molecular formula is C17H22N2O4S. The van der Waals surface area contributed by atoms with Crippen molar-refractivity contribution in [1.82, 2.24) is 10.0 Å². The molecule has 0 radical (unpaired) electrons. The third-order valence-corrected chi connectivity index (χ3v) is 5.18. The lowest BCUT2D eigenvalue weighted by Gasteiger charge is -2.14. The minimum absolute atomic E-state index is 0.0709. The number of amides is 1. The van der Waals surface area contributed by atoms with Crippen LogP contribution in [0.1, 0.15) is 47.3 Å². The highest BCUT2D eigenvalue weighted by Crippen LogP contribution is 2.19. The Morgan fingerprint density at radius 1 is 1.21 bits per heavy atom. The second-order valence-electron chi connectivity index (χ2n) is 5.62. The van der Waals surface area contributed by atoms with Gasteiger partial charge < -0.3 is 9.73 Å². The SMILES string of the molecule is CCNS(=O)(=O)c1ccc(C)c(C(=O)NC(C)c2ccc(C)o2)c1. The molecule has 1 unspecified atom stereocenters. The van der Waals surface area contributed by atoms with Gasteiger partial charge in [-0.15, -0.1) is 0 Å². The van der Waals surface area contributed by atoms with Crippen molar-refractivity contribution in [3.05, 3.63) is 53.0 Å². The van der Waals surface area contributed by atoms with E-state index in [0.29, 0.717) is 16.9 Å². The zero-order chi connectivity index (χ0) is 17.9. The van der Waals surface area contributed by atoms with Crippen LogP contribution in [0.5, 0.6) is 0 Å². The van der Waals surface area contributed by atoms with Crippen LogP contribution in [0.4, 0.5) is 0 Å². The first kappa shape index (κ1) is 18.2. The van der Waals surface area contributed by atoms with Crippen molar-refractivity contribution in [2.75, 3.05) is 6.54 Å². The predicted octanol–water partition coefficient (Wildman–Crippen LogP) is 2.69. The van der Waals surface area contributed by atoms with E-state index in [1.165, 1.54) is 12.1 Å². The first-order chi connectivity index (χ1) is 11.2. The Morgan fingerprint density at radius 3 is 2.50 bits per heavy atom. The molecule has 1 heterocycles. The summed E-state index contributed by atoms with van der Waals surface area (Å²) in [5, 5.41) is 2.83. The van der Waals surface area contributed by atoms with Crippen LogP contribution in [-0.4, -0.2) is 20.9 Å². The number of furan rings is 1. The Morgan fingerprint density at radius 2 is 1.92 bits per heavy atom. The number of sulfonamides is 1. The summed E-state index contributed by atoms with van der Waals surface area (Å²) in [7, 11) is -3.61. The summed E-state index contributed by atoms with van der Waals surface area (Å²) in [6, 6.07) is 7.82. The molecule has 1 aromatic carbocycles. The molecule has 2 rings (SSSR count). The van der Waals surface area contributed by atoms with Crippen LogP contribution < -0.4 is 10.0 Å². The number of nitrogens with one attached hydrogen (secondary N) is 2. The van der Waals surface area contributed by atoms with E-state index in [4.69, 9.17) is 4.42 Å². The Labute approximate surface area is 142 Å². The van der Waals surface area contributed by atoms with Crippen LogP contribution in [0.25, 0.3) is 0 Å². The van der Waals surface area contributed by atoms with Gasteiger partial charge in [-0.25, -0.2) is 13.1 Å². The fourth-order valence-electron chi connectivity index (χ4n) is 2.32. The van der Waals surface area contributed by atoms with E-state index in [-0.39, 0.29) is 23.4 Å². The fraction of sp³-hybridized carbons (Fsp3) is 0.353. The summed E-state index contributed by atoms with van der Waals surface area (Å²) in [6.07, 6.45) is 0. The molecule has 7 heteroatoms. The second kappa shape index (κ2) is 7.19. The van der Waals surface area contributed by atoms with Crippen molar-refractivity contribution in [2.24, 2.45) is 0 Å². The largest absolute Gasteiger partial charge is 0.464 e. The average Bonchev–Trinajstić information content (AvgIpc) is 2.94. The first-order valence-corrected chi connectivity index (χ1v) is 9.20. The molecule has 130 valence electrons. The Balaban J connectivity index is 2.26. The van der Waals surface area contributed by atoms with Gasteiger partial charge in [0.05, 0.1) is 10.9 Å². The van der Waals surface area contributed by atoms with Gasteiger partial charge >= 0.3 is 0 Å². The molecule has 0 aliphatic rings. The highest BCUT2D eigenvalue weighted by Gasteiger charge is 2.19. The topological polar surface area (TPSA) is 88.4 Å². The average molecular weight is 350 g/mol. The van der Waals surface area contributed by atoms with E-state index in [1.807, 2.05) is 19.9 Å². The summed E-state index contributed by atoms with van der Waals surface area (Å²) in [5.74, 6) is 1.07. The summed E-state index contributed by atoms with van der Waals surface area (Å²) < 4.78 is 32.1. The van der Waals surface area contributed by atoms with Gasteiger partial charge in [0.25, 0.3) is 5.91 Å². The molecule has 2 N–H and O–H groups in total.